The third kappa shape index (κ3) is 1.95. The molecule has 3 heterocycles. The van der Waals surface area contributed by atoms with Crippen molar-refractivity contribution >= 4 is 40.0 Å². The number of nitrogen functional groups attached to an aromatic ring is 1. The van der Waals surface area contributed by atoms with Gasteiger partial charge in [0.05, 0.1) is 10.9 Å². The van der Waals surface area contributed by atoms with Crippen molar-refractivity contribution < 1.29 is 0 Å². The van der Waals surface area contributed by atoms with Crippen LogP contribution in [0.3, 0.4) is 0 Å². The number of anilines is 1. The molecule has 18 heavy (non-hydrogen) atoms. The Morgan fingerprint density at radius 1 is 1.28 bits per heavy atom. The number of aryl methyl sites for hydroxylation is 1. The summed E-state index contributed by atoms with van der Waals surface area (Å²) in [4.78, 5) is 9.93. The van der Waals surface area contributed by atoms with Gasteiger partial charge in [-0.25, -0.2) is 9.97 Å². The van der Waals surface area contributed by atoms with E-state index in [1.807, 2.05) is 35.8 Å². The molecule has 2 N–H and O–H groups in total. The lowest BCUT2D eigenvalue weighted by Crippen LogP contribution is -2.04. The highest BCUT2D eigenvalue weighted by Gasteiger charge is 2.10. The number of rotatable bonds is 2. The largest absolute Gasteiger partial charge is 0.369 e. The summed E-state index contributed by atoms with van der Waals surface area (Å²) in [6.45, 7) is 2.60. The van der Waals surface area contributed by atoms with Crippen LogP contribution in [0, 0.1) is 6.92 Å². The fraction of sp³-hybridized carbons (Fsp3) is 0.167. The third-order valence-corrected chi connectivity index (χ3v) is 3.92. The van der Waals surface area contributed by atoms with Gasteiger partial charge in [-0.2, -0.15) is 0 Å². The average molecular weight is 279 g/mol. The molecule has 0 aliphatic heterocycles. The van der Waals surface area contributed by atoms with Crippen molar-refractivity contribution in [2.24, 2.45) is 0 Å². The molecule has 0 aliphatic rings. The maximum absolute atomic E-state index is 5.94. The number of nitrogens with two attached hydrogens (primary N) is 1. The quantitative estimate of drug-likeness (QED) is 0.784. The van der Waals surface area contributed by atoms with Crippen LogP contribution in [0.5, 0.6) is 0 Å². The standard InChI is InChI=1S/C12H11ClN4S/c1-7-2-4-9-11(15-7)17(12(14)16-9)6-8-3-5-10(13)18-8/h2-5H,6H2,1H3,(H2,14,16). The molecule has 0 fully saturated rings. The molecule has 0 saturated heterocycles. The lowest BCUT2D eigenvalue weighted by Gasteiger charge is -2.03. The van der Waals surface area contributed by atoms with Crippen molar-refractivity contribution in [3.8, 4) is 0 Å². The zero-order valence-electron chi connectivity index (χ0n) is 9.72. The van der Waals surface area contributed by atoms with Gasteiger partial charge in [0, 0.05) is 10.6 Å². The van der Waals surface area contributed by atoms with Gasteiger partial charge in [0.2, 0.25) is 5.95 Å². The molecule has 0 unspecified atom stereocenters. The normalized spacial score (nSPS) is 11.2. The lowest BCUT2D eigenvalue weighted by molar-refractivity contribution is 0.839. The molecule has 0 aliphatic carbocycles. The average Bonchev–Trinajstić information content (AvgIpc) is 2.86. The first kappa shape index (κ1) is 11.5. The minimum atomic E-state index is 0.479. The number of pyridine rings is 1. The predicted molar refractivity (Wildman–Crippen MR) is 75.1 cm³/mol. The van der Waals surface area contributed by atoms with E-state index in [1.54, 1.807) is 11.3 Å². The molecule has 0 saturated carbocycles. The zero-order chi connectivity index (χ0) is 12.7. The van der Waals surface area contributed by atoms with Gasteiger partial charge in [0.1, 0.15) is 5.52 Å². The van der Waals surface area contributed by atoms with E-state index in [4.69, 9.17) is 17.3 Å². The van der Waals surface area contributed by atoms with E-state index < -0.39 is 0 Å². The van der Waals surface area contributed by atoms with Crippen LogP contribution < -0.4 is 5.73 Å². The monoisotopic (exact) mass is 278 g/mol. The summed E-state index contributed by atoms with van der Waals surface area (Å²) < 4.78 is 2.68. The lowest BCUT2D eigenvalue weighted by atomic mass is 10.3. The van der Waals surface area contributed by atoms with E-state index in [0.29, 0.717) is 12.5 Å². The smallest absolute Gasteiger partial charge is 0.202 e. The summed E-state index contributed by atoms with van der Waals surface area (Å²) in [5.41, 5.74) is 8.53. The molecule has 3 aromatic heterocycles. The van der Waals surface area contributed by atoms with E-state index in [2.05, 4.69) is 9.97 Å². The van der Waals surface area contributed by atoms with Crippen LogP contribution in [-0.2, 0) is 6.54 Å². The Kier molecular flexibility index (Phi) is 2.72. The molecular formula is C12H11ClN4S. The van der Waals surface area contributed by atoms with Crippen LogP contribution in [-0.4, -0.2) is 14.5 Å². The van der Waals surface area contributed by atoms with E-state index in [0.717, 1.165) is 26.1 Å². The fourth-order valence-electron chi connectivity index (χ4n) is 1.86. The van der Waals surface area contributed by atoms with Crippen LogP contribution in [0.25, 0.3) is 11.2 Å². The Labute approximate surface area is 113 Å². The number of halogens is 1. The van der Waals surface area contributed by atoms with Gasteiger partial charge in [0.25, 0.3) is 0 Å². The van der Waals surface area contributed by atoms with E-state index in [-0.39, 0.29) is 0 Å². The van der Waals surface area contributed by atoms with E-state index >= 15 is 0 Å². The van der Waals surface area contributed by atoms with Gasteiger partial charge in [0.15, 0.2) is 5.65 Å². The van der Waals surface area contributed by atoms with Gasteiger partial charge in [-0.05, 0) is 31.2 Å². The van der Waals surface area contributed by atoms with Crippen LogP contribution in [0.4, 0.5) is 5.95 Å². The highest BCUT2D eigenvalue weighted by Crippen LogP contribution is 2.25. The molecule has 4 nitrogen and oxygen atoms in total. The SMILES string of the molecule is Cc1ccc2nc(N)n(Cc3ccc(Cl)s3)c2n1. The minimum Gasteiger partial charge on any atom is -0.369 e. The number of thiophene rings is 1. The highest BCUT2D eigenvalue weighted by atomic mass is 35.5. The molecule has 92 valence electrons. The van der Waals surface area contributed by atoms with Crippen LogP contribution in [0.1, 0.15) is 10.6 Å². The summed E-state index contributed by atoms with van der Waals surface area (Å²) in [5, 5.41) is 0. The molecule has 3 rings (SSSR count). The van der Waals surface area contributed by atoms with E-state index in [1.165, 1.54) is 0 Å². The molecule has 0 radical (unpaired) electrons. The Morgan fingerprint density at radius 2 is 2.11 bits per heavy atom. The number of hydrogen-bond donors (Lipinski definition) is 1. The maximum atomic E-state index is 5.94. The topological polar surface area (TPSA) is 56.7 Å². The summed E-state index contributed by atoms with van der Waals surface area (Å²) in [6, 6.07) is 7.75. The first-order valence-electron chi connectivity index (χ1n) is 5.47. The summed E-state index contributed by atoms with van der Waals surface area (Å²) in [5.74, 6) is 0.479. The summed E-state index contributed by atoms with van der Waals surface area (Å²) in [7, 11) is 0. The Hall–Kier alpha value is -1.59. The number of fused-ring (bicyclic) bond motifs is 1. The predicted octanol–water partition coefficient (Wildman–Crippen LogP) is 3.09. The van der Waals surface area contributed by atoms with Crippen molar-refractivity contribution in [2.45, 2.75) is 13.5 Å². The van der Waals surface area contributed by atoms with Gasteiger partial charge >= 0.3 is 0 Å². The molecule has 6 heteroatoms. The van der Waals surface area contributed by atoms with E-state index in [9.17, 15) is 0 Å². The minimum absolute atomic E-state index is 0.479. The van der Waals surface area contributed by atoms with Crippen molar-refractivity contribution in [3.63, 3.8) is 0 Å². The fourth-order valence-corrected chi connectivity index (χ4v) is 2.94. The maximum Gasteiger partial charge on any atom is 0.202 e. The Morgan fingerprint density at radius 3 is 2.83 bits per heavy atom. The molecule has 0 atom stereocenters. The summed E-state index contributed by atoms with van der Waals surface area (Å²) >= 11 is 7.47. The highest BCUT2D eigenvalue weighted by molar-refractivity contribution is 7.16. The third-order valence-electron chi connectivity index (χ3n) is 2.70. The van der Waals surface area contributed by atoms with Crippen LogP contribution in [0.15, 0.2) is 24.3 Å². The van der Waals surface area contributed by atoms with Gasteiger partial charge in [-0.15, -0.1) is 11.3 Å². The first-order chi connectivity index (χ1) is 8.63. The molecule has 0 spiro atoms. The zero-order valence-corrected chi connectivity index (χ0v) is 11.3. The second-order valence-electron chi connectivity index (χ2n) is 4.06. The molecule has 0 bridgehead atoms. The first-order valence-corrected chi connectivity index (χ1v) is 6.66. The van der Waals surface area contributed by atoms with Crippen LogP contribution >= 0.6 is 22.9 Å². The molecular weight excluding hydrogens is 268 g/mol. The number of hydrogen-bond acceptors (Lipinski definition) is 4. The Balaban J connectivity index is 2.10. The second-order valence-corrected chi connectivity index (χ2v) is 5.86. The van der Waals surface area contributed by atoms with Crippen molar-refractivity contribution in [1.29, 1.82) is 0 Å². The van der Waals surface area contributed by atoms with Crippen molar-refractivity contribution in [3.05, 3.63) is 39.2 Å². The molecule has 3 aromatic rings. The van der Waals surface area contributed by atoms with Gasteiger partial charge in [-0.3, -0.25) is 4.57 Å². The number of nitrogens with zero attached hydrogens (tertiary/aromatic N) is 3. The number of imidazole rings is 1. The molecule has 0 aromatic carbocycles. The summed E-state index contributed by atoms with van der Waals surface area (Å²) in [6.07, 6.45) is 0. The van der Waals surface area contributed by atoms with Gasteiger partial charge < -0.3 is 5.73 Å². The van der Waals surface area contributed by atoms with Crippen LogP contribution in [0.2, 0.25) is 4.34 Å². The molecule has 0 amide bonds. The van der Waals surface area contributed by atoms with Gasteiger partial charge in [-0.1, -0.05) is 11.6 Å². The van der Waals surface area contributed by atoms with Crippen molar-refractivity contribution in [2.75, 3.05) is 5.73 Å². The van der Waals surface area contributed by atoms with Crippen molar-refractivity contribution in [1.82, 2.24) is 14.5 Å². The second kappa shape index (κ2) is 4.26. The Bertz CT molecular complexity index is 716. The number of aromatic nitrogens is 3.